The van der Waals surface area contributed by atoms with E-state index < -0.39 is 17.6 Å². The summed E-state index contributed by atoms with van der Waals surface area (Å²) in [6.07, 6.45) is -1.02. The molecule has 0 spiro atoms. The Balaban J connectivity index is 2.10. The maximum atomic E-state index is 11.1. The second-order valence-electron chi connectivity index (χ2n) is 7.84. The number of aliphatic hydroxyl groups is 2. The van der Waals surface area contributed by atoms with Gasteiger partial charge in [-0.15, -0.1) is 0 Å². The summed E-state index contributed by atoms with van der Waals surface area (Å²) in [6, 6.07) is 19.9. The van der Waals surface area contributed by atoms with Gasteiger partial charge in [-0.3, -0.25) is 0 Å². The first-order valence-electron chi connectivity index (χ1n) is 8.59. The molecule has 3 rings (SSSR count). The van der Waals surface area contributed by atoms with Gasteiger partial charge in [-0.05, 0) is 38.3 Å². The minimum absolute atomic E-state index is 0.130. The van der Waals surface area contributed by atoms with Crippen molar-refractivity contribution in [1.82, 2.24) is 5.32 Å². The van der Waals surface area contributed by atoms with Gasteiger partial charge in [0.05, 0.1) is 17.6 Å². The molecule has 3 atom stereocenters. The van der Waals surface area contributed by atoms with E-state index in [-0.39, 0.29) is 11.6 Å². The Morgan fingerprint density at radius 1 is 0.875 bits per heavy atom. The van der Waals surface area contributed by atoms with Gasteiger partial charge in [-0.2, -0.15) is 0 Å². The van der Waals surface area contributed by atoms with Crippen LogP contribution in [0.5, 0.6) is 0 Å². The minimum atomic E-state index is -0.859. The summed E-state index contributed by atoms with van der Waals surface area (Å²) in [5.74, 6) is 0. The van der Waals surface area contributed by atoms with Crippen molar-refractivity contribution in [3.63, 3.8) is 0 Å². The van der Waals surface area contributed by atoms with Crippen molar-refractivity contribution in [2.75, 3.05) is 0 Å². The summed E-state index contributed by atoms with van der Waals surface area (Å²) in [5.41, 5.74) is 1.35. The molecular formula is C21H27NO2. The highest BCUT2D eigenvalue weighted by atomic mass is 16.3. The Morgan fingerprint density at radius 3 is 1.75 bits per heavy atom. The van der Waals surface area contributed by atoms with Crippen molar-refractivity contribution in [3.8, 4) is 0 Å². The molecule has 3 N–H and O–H groups in total. The van der Waals surface area contributed by atoms with Gasteiger partial charge in [0.15, 0.2) is 0 Å². The lowest BCUT2D eigenvalue weighted by Crippen LogP contribution is -2.49. The smallest absolute Gasteiger partial charge is 0.0964 e. The maximum Gasteiger partial charge on any atom is 0.0964 e. The molecule has 0 bridgehead atoms. The maximum absolute atomic E-state index is 11.1. The van der Waals surface area contributed by atoms with Crippen molar-refractivity contribution >= 4 is 0 Å². The average Bonchev–Trinajstić information content (AvgIpc) is 2.81. The summed E-state index contributed by atoms with van der Waals surface area (Å²) < 4.78 is 0. The van der Waals surface area contributed by atoms with Gasteiger partial charge in [0.2, 0.25) is 0 Å². The minimum Gasteiger partial charge on any atom is -0.389 e. The number of rotatable bonds is 3. The van der Waals surface area contributed by atoms with Crippen LogP contribution in [0.15, 0.2) is 60.7 Å². The number of aliphatic hydroxyl groups excluding tert-OH is 2. The van der Waals surface area contributed by atoms with Gasteiger partial charge >= 0.3 is 0 Å². The topological polar surface area (TPSA) is 52.5 Å². The predicted octanol–water partition coefficient (Wildman–Crippen LogP) is 2.85. The van der Waals surface area contributed by atoms with Crippen molar-refractivity contribution < 1.29 is 10.2 Å². The van der Waals surface area contributed by atoms with Crippen LogP contribution in [0.4, 0.5) is 0 Å². The first-order chi connectivity index (χ1) is 11.3. The van der Waals surface area contributed by atoms with Crippen molar-refractivity contribution in [2.45, 2.75) is 56.4 Å². The van der Waals surface area contributed by atoms with Crippen LogP contribution in [0.1, 0.15) is 38.3 Å². The SMILES string of the molecule is CC(C)(C)N[C@@H]1CC(c2ccccc2)(c2ccccc2)[C@@H](O)[C@H]1O. The second kappa shape index (κ2) is 6.32. The van der Waals surface area contributed by atoms with Crippen LogP contribution in [0.25, 0.3) is 0 Å². The van der Waals surface area contributed by atoms with Gasteiger partial charge in [0.1, 0.15) is 0 Å². The molecule has 0 radical (unpaired) electrons. The standard InChI is InChI=1S/C21H27NO2/c1-20(2,3)22-17-14-21(19(24)18(17)23,15-10-6-4-7-11-15)16-12-8-5-9-13-16/h4-13,17-19,22-24H,14H2,1-3H3/t17-,18+,19+/m1/s1. The average molecular weight is 325 g/mol. The molecular weight excluding hydrogens is 298 g/mol. The van der Waals surface area contributed by atoms with E-state index in [1.165, 1.54) is 0 Å². The first-order valence-corrected chi connectivity index (χ1v) is 8.59. The zero-order chi connectivity index (χ0) is 17.4. The fourth-order valence-electron chi connectivity index (χ4n) is 4.01. The summed E-state index contributed by atoms with van der Waals surface area (Å²) in [4.78, 5) is 0. The van der Waals surface area contributed by atoms with Crippen LogP contribution < -0.4 is 5.32 Å². The first kappa shape index (κ1) is 17.2. The molecule has 1 fully saturated rings. The van der Waals surface area contributed by atoms with Crippen LogP contribution in [-0.2, 0) is 5.41 Å². The monoisotopic (exact) mass is 325 g/mol. The molecule has 3 nitrogen and oxygen atoms in total. The molecule has 1 saturated carbocycles. The van der Waals surface area contributed by atoms with Gasteiger partial charge in [-0.1, -0.05) is 60.7 Å². The van der Waals surface area contributed by atoms with Crippen molar-refractivity contribution in [1.29, 1.82) is 0 Å². The third-order valence-electron chi connectivity index (χ3n) is 4.98. The van der Waals surface area contributed by atoms with E-state index >= 15 is 0 Å². The van der Waals surface area contributed by atoms with E-state index in [2.05, 4.69) is 26.1 Å². The predicted molar refractivity (Wildman–Crippen MR) is 97.0 cm³/mol. The largest absolute Gasteiger partial charge is 0.389 e. The summed E-state index contributed by atoms with van der Waals surface area (Å²) in [7, 11) is 0. The molecule has 1 aliphatic carbocycles. The Morgan fingerprint density at radius 2 is 1.33 bits per heavy atom. The lowest BCUT2D eigenvalue weighted by atomic mass is 9.71. The molecule has 128 valence electrons. The summed E-state index contributed by atoms with van der Waals surface area (Å²) >= 11 is 0. The zero-order valence-electron chi connectivity index (χ0n) is 14.6. The normalized spacial score (nSPS) is 26.5. The van der Waals surface area contributed by atoms with Gasteiger partial charge in [0.25, 0.3) is 0 Å². The second-order valence-corrected chi connectivity index (χ2v) is 7.84. The Hall–Kier alpha value is -1.68. The lowest BCUT2D eigenvalue weighted by Gasteiger charge is -2.34. The highest BCUT2D eigenvalue weighted by Gasteiger charge is 2.54. The van der Waals surface area contributed by atoms with E-state index in [9.17, 15) is 10.2 Å². The van der Waals surface area contributed by atoms with Gasteiger partial charge in [-0.25, -0.2) is 0 Å². The Kier molecular flexibility index (Phi) is 4.52. The molecule has 2 aromatic rings. The van der Waals surface area contributed by atoms with Gasteiger partial charge in [0, 0.05) is 11.6 Å². The molecule has 1 aliphatic rings. The molecule has 24 heavy (non-hydrogen) atoms. The zero-order valence-corrected chi connectivity index (χ0v) is 14.6. The third-order valence-corrected chi connectivity index (χ3v) is 4.98. The molecule has 0 amide bonds. The highest BCUT2D eigenvalue weighted by molar-refractivity contribution is 5.44. The lowest BCUT2D eigenvalue weighted by molar-refractivity contribution is 0.00617. The fraction of sp³-hybridized carbons (Fsp3) is 0.429. The van der Waals surface area contributed by atoms with E-state index in [1.807, 2.05) is 60.7 Å². The molecule has 3 heteroatoms. The number of hydrogen-bond acceptors (Lipinski definition) is 3. The molecule has 0 aliphatic heterocycles. The summed E-state index contributed by atoms with van der Waals surface area (Å²) in [6.45, 7) is 6.24. The van der Waals surface area contributed by atoms with Crippen molar-refractivity contribution in [3.05, 3.63) is 71.8 Å². The third kappa shape index (κ3) is 3.00. The molecule has 0 unspecified atom stereocenters. The van der Waals surface area contributed by atoms with Crippen LogP contribution >= 0.6 is 0 Å². The molecule has 0 heterocycles. The van der Waals surface area contributed by atoms with Gasteiger partial charge < -0.3 is 15.5 Å². The number of nitrogens with one attached hydrogen (secondary N) is 1. The Labute approximate surface area is 144 Å². The van der Waals surface area contributed by atoms with Crippen LogP contribution in [0.2, 0.25) is 0 Å². The number of hydrogen-bond donors (Lipinski definition) is 3. The molecule has 2 aromatic carbocycles. The van der Waals surface area contributed by atoms with E-state index in [4.69, 9.17) is 0 Å². The fourth-order valence-corrected chi connectivity index (χ4v) is 4.01. The highest BCUT2D eigenvalue weighted by Crippen LogP contribution is 2.47. The van der Waals surface area contributed by atoms with Crippen LogP contribution in [-0.4, -0.2) is 34.0 Å². The van der Waals surface area contributed by atoms with E-state index in [0.29, 0.717) is 6.42 Å². The van der Waals surface area contributed by atoms with Crippen molar-refractivity contribution in [2.24, 2.45) is 0 Å². The molecule has 0 saturated heterocycles. The van der Waals surface area contributed by atoms with E-state index in [1.54, 1.807) is 0 Å². The quantitative estimate of drug-likeness (QED) is 0.813. The number of benzene rings is 2. The van der Waals surface area contributed by atoms with E-state index in [0.717, 1.165) is 11.1 Å². The summed E-state index contributed by atoms with van der Waals surface area (Å²) in [5, 5.41) is 25.3. The van der Waals surface area contributed by atoms with Crippen LogP contribution in [0.3, 0.4) is 0 Å². The van der Waals surface area contributed by atoms with Crippen LogP contribution in [0, 0.1) is 0 Å². The molecule has 0 aromatic heterocycles. The Bertz CT molecular complexity index is 624.